The van der Waals surface area contributed by atoms with Crippen molar-refractivity contribution < 1.29 is 9.90 Å². The van der Waals surface area contributed by atoms with Gasteiger partial charge in [0.1, 0.15) is 0 Å². The van der Waals surface area contributed by atoms with Crippen molar-refractivity contribution in [2.24, 2.45) is 0 Å². The molecule has 0 unspecified atom stereocenters. The van der Waals surface area contributed by atoms with Gasteiger partial charge in [-0.1, -0.05) is 42.1 Å². The first kappa shape index (κ1) is 11.6. The van der Waals surface area contributed by atoms with Gasteiger partial charge in [-0.15, -0.1) is 0 Å². The number of carboxylic acid groups (broad SMARTS) is 1. The van der Waals surface area contributed by atoms with Gasteiger partial charge in [0.05, 0.1) is 11.2 Å². The molecule has 0 saturated heterocycles. The topological polar surface area (TPSA) is 65.9 Å². The van der Waals surface area contributed by atoms with Crippen LogP contribution < -0.4 is 5.11 Å². The molecule has 1 heterocycles. The highest BCUT2D eigenvalue weighted by molar-refractivity contribution is 8.00. The van der Waals surface area contributed by atoms with Gasteiger partial charge in [-0.05, 0) is 11.6 Å². The first-order chi connectivity index (χ1) is 8.27. The Morgan fingerprint density at radius 1 is 1.12 bits per heavy atom. The van der Waals surface area contributed by atoms with E-state index >= 15 is 0 Å². The van der Waals surface area contributed by atoms with Crippen LogP contribution in [-0.4, -0.2) is 15.9 Å². The summed E-state index contributed by atoms with van der Waals surface area (Å²) >= 11 is 1.07. The fourth-order valence-corrected chi connectivity index (χ4v) is 2.18. The third-order valence-electron chi connectivity index (χ3n) is 2.08. The van der Waals surface area contributed by atoms with Gasteiger partial charge in [-0.2, -0.15) is 0 Å². The van der Waals surface area contributed by atoms with Gasteiger partial charge in [-0.3, -0.25) is 0 Å². The van der Waals surface area contributed by atoms with E-state index < -0.39 is 11.2 Å². The number of hydrogen-bond donors (Lipinski definition) is 0. The summed E-state index contributed by atoms with van der Waals surface area (Å²) in [5, 5.41) is 10.7. The molecule has 17 heavy (non-hydrogen) atoms. The minimum atomic E-state index is -1.14. The number of thioether (sulfide) groups is 1. The largest absolute Gasteiger partial charge is 0.549 e. The first-order valence-electron chi connectivity index (χ1n) is 4.97. The highest BCUT2D eigenvalue weighted by Crippen LogP contribution is 2.32. The van der Waals surface area contributed by atoms with E-state index in [-0.39, 0.29) is 0 Å². The lowest BCUT2D eigenvalue weighted by atomic mass is 10.1. The molecule has 0 N–H and O–H groups in total. The van der Waals surface area contributed by atoms with Crippen molar-refractivity contribution in [1.29, 1.82) is 0 Å². The molecule has 1 aromatic carbocycles. The highest BCUT2D eigenvalue weighted by Gasteiger charge is 2.15. The van der Waals surface area contributed by atoms with Gasteiger partial charge in [0, 0.05) is 12.4 Å². The Morgan fingerprint density at radius 2 is 1.76 bits per heavy atom. The average molecular weight is 245 g/mol. The second-order valence-corrected chi connectivity index (χ2v) is 4.33. The maximum absolute atomic E-state index is 11.1. The normalized spacial score (nSPS) is 12.0. The molecule has 0 fully saturated rings. The molecular weight excluding hydrogens is 236 g/mol. The van der Waals surface area contributed by atoms with Crippen LogP contribution in [0.25, 0.3) is 0 Å². The minimum absolute atomic E-state index is 0.422. The van der Waals surface area contributed by atoms with Crippen LogP contribution in [0, 0.1) is 0 Å². The summed E-state index contributed by atoms with van der Waals surface area (Å²) in [6.45, 7) is 0. The second kappa shape index (κ2) is 5.45. The lowest BCUT2D eigenvalue weighted by Crippen LogP contribution is -2.28. The van der Waals surface area contributed by atoms with Crippen LogP contribution in [0.3, 0.4) is 0 Å². The highest BCUT2D eigenvalue weighted by atomic mass is 32.2. The molecule has 0 spiro atoms. The molecule has 0 saturated carbocycles. The molecule has 5 heteroatoms. The maximum atomic E-state index is 11.1. The summed E-state index contributed by atoms with van der Waals surface area (Å²) < 4.78 is 0. The summed E-state index contributed by atoms with van der Waals surface area (Å²) in [4.78, 5) is 19.1. The number of rotatable bonds is 4. The first-order valence-corrected chi connectivity index (χ1v) is 5.85. The molecule has 0 bridgehead atoms. The van der Waals surface area contributed by atoms with E-state index in [9.17, 15) is 9.90 Å². The summed E-state index contributed by atoms with van der Waals surface area (Å²) in [5.41, 5.74) is 0.671. The van der Waals surface area contributed by atoms with E-state index in [0.29, 0.717) is 10.7 Å². The second-order valence-electron chi connectivity index (χ2n) is 3.26. The Morgan fingerprint density at radius 3 is 2.35 bits per heavy atom. The summed E-state index contributed by atoms with van der Waals surface area (Å²) in [6, 6.07) is 10.6. The van der Waals surface area contributed by atoms with Gasteiger partial charge < -0.3 is 9.90 Å². The van der Waals surface area contributed by atoms with Gasteiger partial charge >= 0.3 is 0 Å². The Hall–Kier alpha value is -1.88. The minimum Gasteiger partial charge on any atom is -0.549 e. The van der Waals surface area contributed by atoms with E-state index in [0.717, 1.165) is 11.8 Å². The molecule has 0 aliphatic heterocycles. The lowest BCUT2D eigenvalue weighted by Gasteiger charge is -2.16. The standard InChI is InChI=1S/C12H10N2O2S/c15-11(16)10(9-5-2-1-3-6-9)17-12-13-7-4-8-14-12/h1-8,10H,(H,15,16)/p-1/t10-/m0/s1. The lowest BCUT2D eigenvalue weighted by molar-refractivity contribution is -0.305. The number of aliphatic carboxylic acids is 1. The Bertz CT molecular complexity index is 490. The molecular formula is C12H9N2O2S-. The molecule has 4 nitrogen and oxygen atoms in total. The predicted octanol–water partition coefficient (Wildman–Crippen LogP) is 1.06. The van der Waals surface area contributed by atoms with Crippen LogP contribution in [0.4, 0.5) is 0 Å². The van der Waals surface area contributed by atoms with E-state index in [1.54, 1.807) is 42.7 Å². The fourth-order valence-electron chi connectivity index (χ4n) is 1.33. The number of hydrogen-bond acceptors (Lipinski definition) is 5. The molecule has 0 aliphatic carbocycles. The van der Waals surface area contributed by atoms with Crippen molar-refractivity contribution >= 4 is 17.7 Å². The van der Waals surface area contributed by atoms with Crippen LogP contribution >= 0.6 is 11.8 Å². The number of aromatic nitrogens is 2. The quantitative estimate of drug-likeness (QED) is 0.595. The Balaban J connectivity index is 2.23. The SMILES string of the molecule is O=C([O-])[C@@H](Sc1ncccn1)c1ccccc1. The number of benzene rings is 1. The summed E-state index contributed by atoms with van der Waals surface area (Å²) in [6.07, 6.45) is 3.15. The van der Waals surface area contributed by atoms with Crippen molar-refractivity contribution in [1.82, 2.24) is 9.97 Å². The van der Waals surface area contributed by atoms with E-state index in [4.69, 9.17) is 0 Å². The van der Waals surface area contributed by atoms with Crippen LogP contribution in [0.1, 0.15) is 10.8 Å². The van der Waals surface area contributed by atoms with Crippen LogP contribution in [0.2, 0.25) is 0 Å². The van der Waals surface area contributed by atoms with Crippen molar-refractivity contribution in [3.05, 3.63) is 54.4 Å². The fraction of sp³-hybridized carbons (Fsp3) is 0.0833. The van der Waals surface area contributed by atoms with E-state index in [1.165, 1.54) is 0 Å². The summed E-state index contributed by atoms with van der Waals surface area (Å²) in [5.74, 6) is -1.14. The van der Waals surface area contributed by atoms with Gasteiger partial charge in [-0.25, -0.2) is 9.97 Å². The summed E-state index contributed by atoms with van der Waals surface area (Å²) in [7, 11) is 0. The third kappa shape index (κ3) is 3.04. The monoisotopic (exact) mass is 245 g/mol. The smallest absolute Gasteiger partial charge is 0.188 e. The van der Waals surface area contributed by atoms with E-state index in [1.807, 2.05) is 6.07 Å². The average Bonchev–Trinajstić information content (AvgIpc) is 2.38. The zero-order chi connectivity index (χ0) is 12.1. The molecule has 0 aliphatic rings. The predicted molar refractivity (Wildman–Crippen MR) is 62.1 cm³/mol. The van der Waals surface area contributed by atoms with Gasteiger partial charge in [0.2, 0.25) is 0 Å². The van der Waals surface area contributed by atoms with Gasteiger partial charge in [0.25, 0.3) is 0 Å². The van der Waals surface area contributed by atoms with Crippen molar-refractivity contribution in [2.45, 2.75) is 10.4 Å². The van der Waals surface area contributed by atoms with Crippen molar-refractivity contribution in [2.75, 3.05) is 0 Å². The third-order valence-corrected chi connectivity index (χ3v) is 3.20. The van der Waals surface area contributed by atoms with Crippen LogP contribution in [-0.2, 0) is 4.79 Å². The molecule has 2 rings (SSSR count). The molecule has 86 valence electrons. The van der Waals surface area contributed by atoms with Crippen molar-refractivity contribution in [3.63, 3.8) is 0 Å². The molecule has 0 radical (unpaired) electrons. The molecule has 2 aromatic rings. The number of carbonyl (C=O) groups is 1. The maximum Gasteiger partial charge on any atom is 0.188 e. The Kier molecular flexibility index (Phi) is 3.72. The molecule has 1 aromatic heterocycles. The number of nitrogens with zero attached hydrogens (tertiary/aromatic N) is 2. The van der Waals surface area contributed by atoms with Crippen LogP contribution in [0.5, 0.6) is 0 Å². The number of carbonyl (C=O) groups excluding carboxylic acids is 1. The zero-order valence-electron chi connectivity index (χ0n) is 8.82. The number of carboxylic acids is 1. The molecule has 0 amide bonds. The molecule has 1 atom stereocenters. The Labute approximate surface area is 103 Å². The van der Waals surface area contributed by atoms with Crippen LogP contribution in [0.15, 0.2) is 53.9 Å². The van der Waals surface area contributed by atoms with Gasteiger partial charge in [0.15, 0.2) is 5.16 Å². The van der Waals surface area contributed by atoms with E-state index in [2.05, 4.69) is 9.97 Å². The zero-order valence-corrected chi connectivity index (χ0v) is 9.63. The van der Waals surface area contributed by atoms with Crippen molar-refractivity contribution in [3.8, 4) is 0 Å².